The molecular formula is C11H15F3N2O2. The number of piperidine rings is 1. The van der Waals surface area contributed by atoms with Gasteiger partial charge in [0.2, 0.25) is 5.91 Å². The normalized spacial score (nSPS) is 20.4. The van der Waals surface area contributed by atoms with Crippen molar-refractivity contribution in [2.45, 2.75) is 19.0 Å². The molecule has 0 aliphatic carbocycles. The molecule has 0 aromatic rings. The zero-order valence-electron chi connectivity index (χ0n) is 9.79. The lowest BCUT2D eigenvalue weighted by Crippen LogP contribution is -2.49. The average molecular weight is 264 g/mol. The Balaban J connectivity index is 2.58. The summed E-state index contributed by atoms with van der Waals surface area (Å²) in [6.45, 7) is 3.56. The Labute approximate surface area is 103 Å². The molecule has 0 spiro atoms. The van der Waals surface area contributed by atoms with Crippen molar-refractivity contribution >= 4 is 11.8 Å². The smallest absolute Gasteiger partial charge is 0.352 e. The maximum absolute atomic E-state index is 12.3. The number of halogens is 3. The number of hydrogen-bond donors (Lipinski definition) is 1. The summed E-state index contributed by atoms with van der Waals surface area (Å²) < 4.78 is 36.8. The van der Waals surface area contributed by atoms with Gasteiger partial charge in [-0.25, -0.2) is 0 Å². The second-order valence-corrected chi connectivity index (χ2v) is 4.12. The Morgan fingerprint density at radius 3 is 2.67 bits per heavy atom. The molecule has 1 unspecified atom stereocenters. The number of carbonyl (C=O) groups is 2. The molecular weight excluding hydrogens is 249 g/mol. The first kappa shape index (κ1) is 14.5. The van der Waals surface area contributed by atoms with Gasteiger partial charge in [-0.2, -0.15) is 13.2 Å². The molecule has 0 saturated carbocycles. The maximum Gasteiger partial charge on any atom is 0.471 e. The van der Waals surface area contributed by atoms with E-state index in [0.717, 1.165) is 0 Å². The van der Waals surface area contributed by atoms with Crippen molar-refractivity contribution in [3.63, 3.8) is 0 Å². The Kier molecular flexibility index (Phi) is 4.75. The third-order valence-electron chi connectivity index (χ3n) is 2.74. The van der Waals surface area contributed by atoms with E-state index in [4.69, 9.17) is 0 Å². The van der Waals surface area contributed by atoms with Crippen LogP contribution in [-0.2, 0) is 9.59 Å². The van der Waals surface area contributed by atoms with Crippen molar-refractivity contribution < 1.29 is 22.8 Å². The lowest BCUT2D eigenvalue weighted by atomic mass is 9.97. The van der Waals surface area contributed by atoms with E-state index in [0.29, 0.717) is 17.7 Å². The number of nitrogens with one attached hydrogen (secondary N) is 1. The highest BCUT2D eigenvalue weighted by atomic mass is 19.4. The van der Waals surface area contributed by atoms with Crippen LogP contribution in [0.1, 0.15) is 12.8 Å². The van der Waals surface area contributed by atoms with Gasteiger partial charge in [0.05, 0.1) is 5.92 Å². The van der Waals surface area contributed by atoms with Gasteiger partial charge in [-0.1, -0.05) is 6.08 Å². The van der Waals surface area contributed by atoms with Gasteiger partial charge in [0.1, 0.15) is 0 Å². The van der Waals surface area contributed by atoms with Crippen LogP contribution in [0, 0.1) is 5.92 Å². The Bertz CT molecular complexity index is 342. The van der Waals surface area contributed by atoms with Crippen LogP contribution in [-0.4, -0.2) is 42.5 Å². The molecule has 1 aliphatic rings. The van der Waals surface area contributed by atoms with Crippen molar-refractivity contribution in [3.05, 3.63) is 12.7 Å². The molecule has 4 nitrogen and oxygen atoms in total. The predicted octanol–water partition coefficient (Wildman–Crippen LogP) is 1.09. The van der Waals surface area contributed by atoms with E-state index in [1.165, 1.54) is 6.08 Å². The highest BCUT2D eigenvalue weighted by Crippen LogP contribution is 2.23. The molecule has 1 atom stereocenters. The van der Waals surface area contributed by atoms with Gasteiger partial charge < -0.3 is 10.2 Å². The Morgan fingerprint density at radius 2 is 2.11 bits per heavy atom. The largest absolute Gasteiger partial charge is 0.471 e. The maximum atomic E-state index is 12.3. The van der Waals surface area contributed by atoms with Gasteiger partial charge in [-0.15, -0.1) is 6.58 Å². The van der Waals surface area contributed by atoms with Gasteiger partial charge in [-0.3, -0.25) is 9.59 Å². The van der Waals surface area contributed by atoms with Crippen LogP contribution < -0.4 is 5.32 Å². The van der Waals surface area contributed by atoms with Crippen LogP contribution in [0.25, 0.3) is 0 Å². The second-order valence-electron chi connectivity index (χ2n) is 4.12. The minimum atomic E-state index is -4.88. The summed E-state index contributed by atoms with van der Waals surface area (Å²) in [4.78, 5) is 23.3. The van der Waals surface area contributed by atoms with Gasteiger partial charge >= 0.3 is 12.1 Å². The summed E-state index contributed by atoms with van der Waals surface area (Å²) in [6, 6.07) is 0. The minimum absolute atomic E-state index is 0.0452. The van der Waals surface area contributed by atoms with Crippen molar-refractivity contribution in [1.29, 1.82) is 0 Å². The van der Waals surface area contributed by atoms with Gasteiger partial charge in [0.25, 0.3) is 0 Å². The van der Waals surface area contributed by atoms with Crippen LogP contribution in [0.3, 0.4) is 0 Å². The highest BCUT2D eigenvalue weighted by molar-refractivity contribution is 5.84. The van der Waals surface area contributed by atoms with Gasteiger partial charge in [0, 0.05) is 19.6 Å². The number of nitrogens with zero attached hydrogens (tertiary/aromatic N) is 1. The number of amides is 2. The first-order valence-corrected chi connectivity index (χ1v) is 5.61. The van der Waals surface area contributed by atoms with Crippen LogP contribution in [0.2, 0.25) is 0 Å². The predicted molar refractivity (Wildman–Crippen MR) is 58.6 cm³/mol. The molecule has 1 saturated heterocycles. The number of rotatable bonds is 3. The van der Waals surface area contributed by atoms with E-state index in [1.54, 1.807) is 0 Å². The molecule has 102 valence electrons. The quantitative estimate of drug-likeness (QED) is 0.776. The first-order chi connectivity index (χ1) is 8.36. The minimum Gasteiger partial charge on any atom is -0.352 e. The topological polar surface area (TPSA) is 49.4 Å². The third-order valence-corrected chi connectivity index (χ3v) is 2.74. The standard InChI is InChI=1S/C11H15F3N2O2/c1-2-5-15-9(17)8-4-3-6-16(7-8)10(18)11(12,13)14/h2,8H,1,3-7H2,(H,15,17). The monoisotopic (exact) mass is 264 g/mol. The van der Waals surface area contributed by atoms with E-state index in [9.17, 15) is 22.8 Å². The molecule has 0 radical (unpaired) electrons. The highest BCUT2D eigenvalue weighted by Gasteiger charge is 2.44. The summed E-state index contributed by atoms with van der Waals surface area (Å²) in [6.07, 6.45) is -2.50. The lowest BCUT2D eigenvalue weighted by Gasteiger charge is -2.32. The molecule has 18 heavy (non-hydrogen) atoms. The van der Waals surface area contributed by atoms with Gasteiger partial charge in [-0.05, 0) is 12.8 Å². The molecule has 1 heterocycles. The summed E-state index contributed by atoms with van der Waals surface area (Å²) in [5.74, 6) is -2.79. The van der Waals surface area contributed by atoms with Gasteiger partial charge in [0.15, 0.2) is 0 Å². The molecule has 1 N–H and O–H groups in total. The molecule has 1 rings (SSSR count). The molecule has 1 aliphatic heterocycles. The zero-order chi connectivity index (χ0) is 13.8. The van der Waals surface area contributed by atoms with E-state index in [2.05, 4.69) is 11.9 Å². The van der Waals surface area contributed by atoms with Crippen molar-refractivity contribution in [2.24, 2.45) is 5.92 Å². The fourth-order valence-electron chi connectivity index (χ4n) is 1.87. The molecule has 0 aromatic heterocycles. The summed E-state index contributed by atoms with van der Waals surface area (Å²) in [5, 5.41) is 2.52. The fraction of sp³-hybridized carbons (Fsp3) is 0.636. The third kappa shape index (κ3) is 3.75. The van der Waals surface area contributed by atoms with Crippen molar-refractivity contribution in [2.75, 3.05) is 19.6 Å². The van der Waals surface area contributed by atoms with Crippen LogP contribution in [0.4, 0.5) is 13.2 Å². The Morgan fingerprint density at radius 1 is 1.44 bits per heavy atom. The molecule has 2 amide bonds. The number of hydrogen-bond acceptors (Lipinski definition) is 2. The Hall–Kier alpha value is -1.53. The lowest BCUT2D eigenvalue weighted by molar-refractivity contribution is -0.187. The SMILES string of the molecule is C=CCNC(=O)C1CCCN(C(=O)C(F)(F)F)C1. The van der Waals surface area contributed by atoms with Crippen LogP contribution in [0.15, 0.2) is 12.7 Å². The summed E-state index contributed by atoms with van der Waals surface area (Å²) in [5.41, 5.74) is 0. The second kappa shape index (κ2) is 5.88. The molecule has 0 aromatic carbocycles. The van der Waals surface area contributed by atoms with E-state index in [1.807, 2.05) is 0 Å². The van der Waals surface area contributed by atoms with Crippen molar-refractivity contribution in [1.82, 2.24) is 10.2 Å². The molecule has 0 bridgehead atoms. The number of carbonyl (C=O) groups excluding carboxylic acids is 2. The van der Waals surface area contributed by atoms with Crippen LogP contribution >= 0.6 is 0 Å². The van der Waals surface area contributed by atoms with E-state index < -0.39 is 18.0 Å². The molecule has 7 heteroatoms. The van der Waals surface area contributed by atoms with E-state index in [-0.39, 0.29) is 25.5 Å². The summed E-state index contributed by atoms with van der Waals surface area (Å²) >= 11 is 0. The van der Waals surface area contributed by atoms with Crippen LogP contribution in [0.5, 0.6) is 0 Å². The molecule has 1 fully saturated rings. The van der Waals surface area contributed by atoms with Crippen molar-refractivity contribution in [3.8, 4) is 0 Å². The number of alkyl halides is 3. The fourth-order valence-corrected chi connectivity index (χ4v) is 1.87. The summed E-state index contributed by atoms with van der Waals surface area (Å²) in [7, 11) is 0. The van der Waals surface area contributed by atoms with E-state index >= 15 is 0 Å². The first-order valence-electron chi connectivity index (χ1n) is 5.61. The zero-order valence-corrected chi connectivity index (χ0v) is 9.79. The number of likely N-dealkylation sites (tertiary alicyclic amines) is 1. The average Bonchev–Trinajstić information content (AvgIpc) is 2.34.